The van der Waals surface area contributed by atoms with Crippen LogP contribution in [0.25, 0.3) is 0 Å². The van der Waals surface area contributed by atoms with Gasteiger partial charge in [-0.1, -0.05) is 71.0 Å². The van der Waals surface area contributed by atoms with E-state index in [0.717, 1.165) is 58.7 Å². The molecule has 2 fully saturated rings. The number of esters is 2. The molecule has 0 spiro atoms. The van der Waals surface area contributed by atoms with Crippen LogP contribution in [-0.4, -0.2) is 164 Å². The Balaban J connectivity index is 0.000000196. The monoisotopic (exact) mass is 1150 g/mol. The zero-order chi connectivity index (χ0) is 56.5. The number of nitrogens with one attached hydrogen (secondary N) is 4. The maximum absolute atomic E-state index is 12.7. The largest absolute Gasteiger partial charge is 0.477 e. The number of β-lactam (4-membered cyclic amide) rings is 2. The van der Waals surface area contributed by atoms with Gasteiger partial charge in [-0.15, -0.1) is 46.2 Å². The molecule has 30 heteroatoms. The van der Waals surface area contributed by atoms with E-state index in [1.807, 2.05) is 12.1 Å². The summed E-state index contributed by atoms with van der Waals surface area (Å²) in [5, 5.41) is 40.6. The molecule has 0 radical (unpaired) electrons. The van der Waals surface area contributed by atoms with E-state index < -0.39 is 70.3 Å². The second-order valence-electron chi connectivity index (χ2n) is 16.5. The fourth-order valence-electron chi connectivity index (χ4n) is 7.60. The Kier molecular flexibility index (Phi) is 21.7. The van der Waals surface area contributed by atoms with E-state index in [1.165, 1.54) is 73.5 Å². The highest BCUT2D eigenvalue weighted by atomic mass is 32.2. The van der Waals surface area contributed by atoms with Gasteiger partial charge in [0.2, 0.25) is 0 Å². The van der Waals surface area contributed by atoms with Gasteiger partial charge in [-0.05, 0) is 11.1 Å². The zero-order valence-corrected chi connectivity index (χ0v) is 45.4. The molecule has 414 valence electrons. The molecule has 0 saturated carbocycles. The molecule has 2 aromatic carbocycles. The topological polar surface area (TPSA) is 371 Å². The molecule has 4 amide bonds. The molecular formula is C48H54N12O14S4. The molecule has 0 bridgehead atoms. The number of aliphatic carboxylic acids is 2. The summed E-state index contributed by atoms with van der Waals surface area (Å²) in [4.78, 5) is 116. The minimum atomic E-state index is -1.32. The normalized spacial score (nSPS) is 18.5. The third-order valence-corrected chi connectivity index (χ3v) is 15.1. The lowest BCUT2D eigenvalue weighted by Gasteiger charge is -2.49. The van der Waals surface area contributed by atoms with Crippen LogP contribution in [0.2, 0.25) is 0 Å². The van der Waals surface area contributed by atoms with Gasteiger partial charge in [-0.3, -0.25) is 38.6 Å². The van der Waals surface area contributed by atoms with Crippen molar-refractivity contribution in [3.05, 3.63) is 116 Å². The highest BCUT2D eigenvalue weighted by Crippen LogP contribution is 2.42. The number of nitrogens with two attached hydrogens (primary N) is 2. The van der Waals surface area contributed by atoms with Crippen molar-refractivity contribution in [1.29, 1.82) is 0 Å². The number of fused-ring (bicyclic) bond motifs is 2. The lowest BCUT2D eigenvalue weighted by Crippen LogP contribution is -2.71. The number of carboxylic acid groups (broad SMARTS) is 2. The van der Waals surface area contributed by atoms with Crippen molar-refractivity contribution in [2.75, 3.05) is 63.5 Å². The second-order valence-corrected chi connectivity index (χ2v) is 20.5. The molecular weight excluding hydrogens is 1100 g/mol. The van der Waals surface area contributed by atoms with Crippen molar-refractivity contribution in [3.8, 4) is 0 Å². The standard InChI is InChI=1S/2C16H17N5O7S2.C16H20N2/c2*1-6(22)28-3-7-4-29-14-10(13(24)21(14)11(7)15(25)26)19-12(23)9(20-27-2)8-5-30-16(17)18-8;1-3-7-15(8-4-1)13-17-11-12-18-14-16-9-5-2-6-10-16/h2*5,10,14H,3-4H2,1-2H3,(H2,17,18)(H,19,23)(H,25,26);1-10,17-18H,11-14H2/b2*20-9-;/t2*10-,14-;/m00./s1. The average molecular weight is 1150 g/mol. The Morgan fingerprint density at radius 1 is 0.641 bits per heavy atom. The van der Waals surface area contributed by atoms with Gasteiger partial charge in [0.1, 0.15) is 73.0 Å². The summed E-state index contributed by atoms with van der Waals surface area (Å²) < 4.78 is 9.76. The highest BCUT2D eigenvalue weighted by molar-refractivity contribution is 8.00. The smallest absolute Gasteiger partial charge is 0.352 e. The number of nitrogen functional groups attached to an aromatic ring is 2. The second kappa shape index (κ2) is 28.5. The Labute approximate surface area is 462 Å². The van der Waals surface area contributed by atoms with Crippen LogP contribution in [0, 0.1) is 0 Å². The fraction of sp³-hybridized carbons (Fsp3) is 0.333. The first kappa shape index (κ1) is 59.3. The molecule has 0 aliphatic carbocycles. The predicted octanol–water partition coefficient (Wildman–Crippen LogP) is 1.32. The summed E-state index contributed by atoms with van der Waals surface area (Å²) in [6.07, 6.45) is 0. The number of amides is 4. The predicted molar refractivity (Wildman–Crippen MR) is 289 cm³/mol. The molecule has 4 aromatic rings. The van der Waals surface area contributed by atoms with E-state index in [2.05, 4.69) is 99.8 Å². The number of carbonyl (C=O) groups is 8. The molecule has 4 atom stereocenters. The molecule has 4 aliphatic heterocycles. The molecule has 2 saturated heterocycles. The number of ether oxygens (including phenoxy) is 2. The quantitative estimate of drug-likeness (QED) is 0.0192. The van der Waals surface area contributed by atoms with Crippen molar-refractivity contribution in [1.82, 2.24) is 41.0 Å². The zero-order valence-electron chi connectivity index (χ0n) is 42.2. The van der Waals surface area contributed by atoms with E-state index in [-0.39, 0.29) is 69.2 Å². The number of anilines is 2. The third kappa shape index (κ3) is 15.4. The molecule has 0 unspecified atom stereocenters. The van der Waals surface area contributed by atoms with Crippen LogP contribution in [0.5, 0.6) is 0 Å². The number of benzene rings is 2. The average Bonchev–Trinajstić information content (AvgIpc) is 4.20. The summed E-state index contributed by atoms with van der Waals surface area (Å²) >= 11 is 4.71. The van der Waals surface area contributed by atoms with E-state index in [1.54, 1.807) is 0 Å². The van der Waals surface area contributed by atoms with Crippen LogP contribution in [0.4, 0.5) is 10.3 Å². The molecule has 4 aliphatic rings. The first-order chi connectivity index (χ1) is 37.4. The minimum Gasteiger partial charge on any atom is -0.477 e. The number of aromatic nitrogens is 2. The van der Waals surface area contributed by atoms with Gasteiger partial charge < -0.3 is 62.1 Å². The van der Waals surface area contributed by atoms with Gasteiger partial charge in [-0.2, -0.15) is 0 Å². The van der Waals surface area contributed by atoms with Gasteiger partial charge in [-0.25, -0.2) is 19.6 Å². The van der Waals surface area contributed by atoms with Gasteiger partial charge in [0.05, 0.1) is 0 Å². The number of rotatable bonds is 21. The van der Waals surface area contributed by atoms with Crippen LogP contribution < -0.4 is 32.7 Å². The number of hydrogen-bond acceptors (Lipinski definition) is 24. The summed E-state index contributed by atoms with van der Waals surface area (Å²) in [6, 6.07) is 19.0. The molecule has 8 rings (SSSR count). The SMILES string of the molecule is CO/N=C(\C(=O)N[C@H]1C(=O)N2C(C(=O)O)=C(COC(C)=O)CS[C@@H]12)c1csc(N)n1.CO/N=C(\C(=O)N[C@H]1C(=O)N2C(C(=O)O)=C(COC(C)=O)CS[C@@H]12)c1csc(N)n1.c1ccc(CNCCNCc2ccccc2)cc1. The third-order valence-electron chi connectivity index (χ3n) is 11.1. The Bertz CT molecular complexity index is 2790. The number of carbonyl (C=O) groups excluding carboxylic acids is 6. The fourth-order valence-corrected chi connectivity index (χ4v) is 11.4. The van der Waals surface area contributed by atoms with Crippen molar-refractivity contribution in [2.45, 2.75) is 49.8 Å². The molecule has 6 heterocycles. The maximum Gasteiger partial charge on any atom is 0.352 e. The Morgan fingerprint density at radius 3 is 1.32 bits per heavy atom. The van der Waals surface area contributed by atoms with Crippen LogP contribution >= 0.6 is 46.2 Å². The van der Waals surface area contributed by atoms with Crippen LogP contribution in [-0.2, 0) is 70.6 Å². The Morgan fingerprint density at radius 2 is 1.01 bits per heavy atom. The van der Waals surface area contributed by atoms with Crippen molar-refractivity contribution < 1.29 is 67.7 Å². The van der Waals surface area contributed by atoms with E-state index in [9.17, 15) is 48.6 Å². The van der Waals surface area contributed by atoms with Crippen molar-refractivity contribution in [3.63, 3.8) is 0 Å². The number of oxime groups is 2. The van der Waals surface area contributed by atoms with E-state index in [4.69, 9.17) is 20.9 Å². The van der Waals surface area contributed by atoms with E-state index in [0.29, 0.717) is 11.1 Å². The summed E-state index contributed by atoms with van der Waals surface area (Å²) in [5.41, 5.74) is 14.0. The maximum atomic E-state index is 12.7. The molecule has 10 N–H and O–H groups in total. The number of hydrogen-bond donors (Lipinski definition) is 8. The van der Waals surface area contributed by atoms with Gasteiger partial charge >= 0.3 is 23.9 Å². The summed E-state index contributed by atoms with van der Waals surface area (Å²) in [5.74, 6) is -5.96. The lowest BCUT2D eigenvalue weighted by atomic mass is 10.0. The molecule has 2 aromatic heterocycles. The highest BCUT2D eigenvalue weighted by Gasteiger charge is 2.56. The number of carboxylic acids is 2. The van der Waals surface area contributed by atoms with E-state index >= 15 is 0 Å². The van der Waals surface area contributed by atoms with Crippen molar-refractivity contribution >= 4 is 115 Å². The summed E-state index contributed by atoms with van der Waals surface area (Å²) in [6.45, 7) is 5.80. The van der Waals surface area contributed by atoms with Crippen molar-refractivity contribution in [2.24, 2.45) is 10.3 Å². The summed E-state index contributed by atoms with van der Waals surface area (Å²) in [7, 11) is 2.51. The first-order valence-corrected chi connectivity index (χ1v) is 27.1. The Hall–Kier alpha value is -7.90. The molecule has 26 nitrogen and oxygen atoms in total. The number of thioether (sulfide) groups is 2. The lowest BCUT2D eigenvalue weighted by molar-refractivity contribution is -0.150. The van der Waals surface area contributed by atoms with Gasteiger partial charge in [0, 0.05) is 73.4 Å². The first-order valence-electron chi connectivity index (χ1n) is 23.3. The van der Waals surface area contributed by atoms with Crippen LogP contribution in [0.1, 0.15) is 36.4 Å². The van der Waals surface area contributed by atoms with Crippen LogP contribution in [0.15, 0.2) is 104 Å². The minimum absolute atomic E-state index is 0.165. The van der Waals surface area contributed by atoms with Gasteiger partial charge in [0.25, 0.3) is 23.6 Å². The van der Waals surface area contributed by atoms with Gasteiger partial charge in [0.15, 0.2) is 21.7 Å². The number of nitrogens with zero attached hydrogens (tertiary/aromatic N) is 6. The number of thiazole rings is 2. The molecule has 78 heavy (non-hydrogen) atoms. The van der Waals surface area contributed by atoms with Crippen LogP contribution in [0.3, 0.4) is 0 Å².